The molecule has 4 heteroatoms. The Kier molecular flexibility index (Phi) is 3.18. The molecule has 0 aromatic carbocycles. The zero-order valence-electron chi connectivity index (χ0n) is 8.81. The first-order chi connectivity index (χ1) is 7.27. The average Bonchev–Trinajstić information content (AvgIpc) is 2.91. The minimum absolute atomic E-state index is 0.207. The molecular weight excluding hydrogens is 208 g/mol. The lowest BCUT2D eigenvalue weighted by atomic mass is 10.2. The Morgan fingerprint density at radius 3 is 2.87 bits per heavy atom. The van der Waals surface area contributed by atoms with Gasteiger partial charge in [0.25, 0.3) is 0 Å². The molecule has 0 bridgehead atoms. The maximum absolute atomic E-state index is 5.33. The van der Waals surface area contributed by atoms with Gasteiger partial charge in [-0.2, -0.15) is 0 Å². The molecule has 80 valence electrons. The average molecular weight is 222 g/mol. The van der Waals surface area contributed by atoms with Crippen LogP contribution in [0.5, 0.6) is 0 Å². The Morgan fingerprint density at radius 1 is 1.40 bits per heavy atom. The zero-order chi connectivity index (χ0) is 10.7. The minimum Gasteiger partial charge on any atom is -0.468 e. The summed E-state index contributed by atoms with van der Waals surface area (Å²) in [4.78, 5) is 4.28. The first-order valence-corrected chi connectivity index (χ1v) is 5.84. The lowest BCUT2D eigenvalue weighted by Crippen LogP contribution is -2.21. The molecule has 2 rings (SSSR count). The Morgan fingerprint density at radius 2 is 2.27 bits per heavy atom. The van der Waals surface area contributed by atoms with Gasteiger partial charge >= 0.3 is 0 Å². The van der Waals surface area contributed by atoms with E-state index in [2.05, 4.69) is 24.1 Å². The molecule has 1 N–H and O–H groups in total. The highest BCUT2D eigenvalue weighted by molar-refractivity contribution is 7.09. The van der Waals surface area contributed by atoms with Crippen LogP contribution in [0.3, 0.4) is 0 Å². The number of thiazole rings is 1. The minimum atomic E-state index is 0.207. The molecule has 3 nitrogen and oxygen atoms in total. The normalized spacial score (nSPS) is 15.1. The van der Waals surface area contributed by atoms with Crippen LogP contribution in [-0.4, -0.2) is 4.98 Å². The van der Waals surface area contributed by atoms with Crippen LogP contribution in [0.1, 0.15) is 36.7 Å². The van der Waals surface area contributed by atoms with E-state index in [-0.39, 0.29) is 12.1 Å². The van der Waals surface area contributed by atoms with Crippen molar-refractivity contribution >= 4 is 11.3 Å². The predicted molar refractivity (Wildman–Crippen MR) is 60.8 cm³/mol. The monoisotopic (exact) mass is 222 g/mol. The maximum Gasteiger partial charge on any atom is 0.120 e. The summed E-state index contributed by atoms with van der Waals surface area (Å²) in [6, 6.07) is 4.34. The molecule has 1 unspecified atom stereocenters. The van der Waals surface area contributed by atoms with Crippen molar-refractivity contribution in [2.45, 2.75) is 25.9 Å². The van der Waals surface area contributed by atoms with Crippen LogP contribution in [0.15, 0.2) is 34.4 Å². The molecular formula is C11H14N2OS. The Bertz CT molecular complexity index is 344. The van der Waals surface area contributed by atoms with E-state index < -0.39 is 0 Å². The fourth-order valence-corrected chi connectivity index (χ4v) is 2.17. The topological polar surface area (TPSA) is 38.1 Å². The van der Waals surface area contributed by atoms with Gasteiger partial charge in [0, 0.05) is 11.6 Å². The van der Waals surface area contributed by atoms with E-state index in [4.69, 9.17) is 4.42 Å². The highest BCUT2D eigenvalue weighted by atomic mass is 32.1. The first kappa shape index (κ1) is 10.4. The van der Waals surface area contributed by atoms with Crippen molar-refractivity contribution in [3.63, 3.8) is 0 Å². The fraction of sp³-hybridized carbons (Fsp3) is 0.364. The van der Waals surface area contributed by atoms with Crippen molar-refractivity contribution < 1.29 is 4.42 Å². The second kappa shape index (κ2) is 4.59. The van der Waals surface area contributed by atoms with Crippen molar-refractivity contribution in [1.29, 1.82) is 0 Å². The molecule has 0 spiro atoms. The number of rotatable bonds is 4. The van der Waals surface area contributed by atoms with Crippen molar-refractivity contribution in [2.24, 2.45) is 0 Å². The van der Waals surface area contributed by atoms with Gasteiger partial charge in [-0.25, -0.2) is 4.98 Å². The third-order valence-corrected chi connectivity index (χ3v) is 3.25. The number of hydrogen-bond donors (Lipinski definition) is 1. The van der Waals surface area contributed by atoms with Crippen molar-refractivity contribution in [3.05, 3.63) is 40.7 Å². The number of nitrogens with one attached hydrogen (secondary N) is 1. The largest absolute Gasteiger partial charge is 0.468 e. The summed E-state index contributed by atoms with van der Waals surface area (Å²) in [5.74, 6) is 0.957. The van der Waals surface area contributed by atoms with Gasteiger partial charge in [0.2, 0.25) is 0 Å². The van der Waals surface area contributed by atoms with E-state index in [9.17, 15) is 0 Å². The molecule has 2 atom stereocenters. The third kappa shape index (κ3) is 2.46. The standard InChI is InChI=1S/C11H14N2OS/c1-8(10-4-3-6-14-10)13-9(2)11-12-5-7-15-11/h3-9,13H,1-2H3/t8-,9?/m1/s1. The van der Waals surface area contributed by atoms with Gasteiger partial charge in [0.05, 0.1) is 18.3 Å². The summed E-state index contributed by atoms with van der Waals surface area (Å²) in [6.07, 6.45) is 3.53. The van der Waals surface area contributed by atoms with E-state index >= 15 is 0 Å². The van der Waals surface area contributed by atoms with Crippen LogP contribution < -0.4 is 5.32 Å². The Balaban J connectivity index is 1.98. The van der Waals surface area contributed by atoms with E-state index in [1.165, 1.54) is 0 Å². The van der Waals surface area contributed by atoms with Gasteiger partial charge in [-0.1, -0.05) is 0 Å². The Hall–Kier alpha value is -1.13. The van der Waals surface area contributed by atoms with Crippen LogP contribution in [0.4, 0.5) is 0 Å². The van der Waals surface area contributed by atoms with Gasteiger partial charge in [-0.15, -0.1) is 11.3 Å². The van der Waals surface area contributed by atoms with Gasteiger partial charge < -0.3 is 4.42 Å². The summed E-state index contributed by atoms with van der Waals surface area (Å²) >= 11 is 1.67. The summed E-state index contributed by atoms with van der Waals surface area (Å²) in [6.45, 7) is 4.20. The van der Waals surface area contributed by atoms with Crippen LogP contribution in [0.2, 0.25) is 0 Å². The molecule has 0 radical (unpaired) electrons. The lowest BCUT2D eigenvalue weighted by Gasteiger charge is -2.16. The van der Waals surface area contributed by atoms with Crippen LogP contribution in [-0.2, 0) is 0 Å². The molecule has 0 aliphatic heterocycles. The second-order valence-electron chi connectivity index (χ2n) is 3.50. The SMILES string of the molecule is CC(N[C@H](C)c1ccco1)c1nccs1. The molecule has 15 heavy (non-hydrogen) atoms. The molecule has 0 saturated heterocycles. The smallest absolute Gasteiger partial charge is 0.120 e. The fourth-order valence-electron chi connectivity index (χ4n) is 1.51. The summed E-state index contributed by atoms with van der Waals surface area (Å²) in [5.41, 5.74) is 0. The number of hydrogen-bond acceptors (Lipinski definition) is 4. The van der Waals surface area contributed by atoms with Gasteiger partial charge in [-0.3, -0.25) is 5.32 Å². The van der Waals surface area contributed by atoms with Gasteiger partial charge in [0.15, 0.2) is 0 Å². The van der Waals surface area contributed by atoms with Gasteiger partial charge in [0.1, 0.15) is 10.8 Å². The second-order valence-corrected chi connectivity index (χ2v) is 4.42. The molecule has 0 saturated carbocycles. The number of nitrogens with zero attached hydrogens (tertiary/aromatic N) is 1. The van der Waals surface area contributed by atoms with E-state index in [0.717, 1.165) is 10.8 Å². The third-order valence-electron chi connectivity index (χ3n) is 2.29. The number of furan rings is 1. The quantitative estimate of drug-likeness (QED) is 0.863. The lowest BCUT2D eigenvalue weighted by molar-refractivity contribution is 0.402. The number of aromatic nitrogens is 1. The van der Waals surface area contributed by atoms with E-state index in [1.54, 1.807) is 17.6 Å². The van der Waals surface area contributed by atoms with E-state index in [1.807, 2.05) is 23.7 Å². The van der Waals surface area contributed by atoms with Crippen LogP contribution >= 0.6 is 11.3 Å². The molecule has 0 amide bonds. The van der Waals surface area contributed by atoms with Gasteiger partial charge in [-0.05, 0) is 26.0 Å². The predicted octanol–water partition coefficient (Wildman–Crippen LogP) is 3.15. The van der Waals surface area contributed by atoms with Crippen molar-refractivity contribution in [1.82, 2.24) is 10.3 Å². The van der Waals surface area contributed by atoms with Crippen molar-refractivity contribution in [3.8, 4) is 0 Å². The highest BCUT2D eigenvalue weighted by Gasteiger charge is 2.14. The highest BCUT2D eigenvalue weighted by Crippen LogP contribution is 2.20. The summed E-state index contributed by atoms with van der Waals surface area (Å²) in [7, 11) is 0. The molecule has 0 fully saturated rings. The molecule has 2 aromatic heterocycles. The molecule has 2 aromatic rings. The zero-order valence-corrected chi connectivity index (χ0v) is 9.62. The first-order valence-electron chi connectivity index (χ1n) is 4.96. The Labute approximate surface area is 93.2 Å². The molecule has 2 heterocycles. The van der Waals surface area contributed by atoms with Crippen LogP contribution in [0.25, 0.3) is 0 Å². The van der Waals surface area contributed by atoms with Crippen LogP contribution in [0, 0.1) is 0 Å². The summed E-state index contributed by atoms with van der Waals surface area (Å²) < 4.78 is 5.33. The molecule has 0 aliphatic rings. The summed E-state index contributed by atoms with van der Waals surface area (Å²) in [5, 5.41) is 6.53. The maximum atomic E-state index is 5.33. The molecule has 0 aliphatic carbocycles. The van der Waals surface area contributed by atoms with E-state index in [0.29, 0.717) is 0 Å². The van der Waals surface area contributed by atoms with Crippen molar-refractivity contribution in [2.75, 3.05) is 0 Å².